The summed E-state index contributed by atoms with van der Waals surface area (Å²) in [6, 6.07) is 0.845. The molecule has 0 radical (unpaired) electrons. The van der Waals surface area contributed by atoms with Gasteiger partial charge in [-0.2, -0.15) is 0 Å². The molecule has 0 heterocycles. The molecule has 0 saturated heterocycles. The van der Waals surface area contributed by atoms with E-state index in [4.69, 9.17) is 0 Å². The standard InChI is InChI=1S/C12H25N/c1-6-13(5)11-7-8-12(4,9-11)10(2)3/h10-11H,6-9H2,1-5H3. The van der Waals surface area contributed by atoms with Gasteiger partial charge in [0.05, 0.1) is 0 Å². The largest absolute Gasteiger partial charge is 0.304 e. The second-order valence-electron chi connectivity index (χ2n) is 5.28. The van der Waals surface area contributed by atoms with Crippen molar-refractivity contribution < 1.29 is 0 Å². The fourth-order valence-electron chi connectivity index (χ4n) is 2.40. The maximum absolute atomic E-state index is 2.51. The molecule has 78 valence electrons. The molecule has 0 aliphatic heterocycles. The third kappa shape index (κ3) is 2.25. The van der Waals surface area contributed by atoms with Crippen LogP contribution in [0.4, 0.5) is 0 Å². The summed E-state index contributed by atoms with van der Waals surface area (Å²) in [5, 5.41) is 0. The zero-order valence-electron chi connectivity index (χ0n) is 9.93. The van der Waals surface area contributed by atoms with Gasteiger partial charge in [-0.15, -0.1) is 0 Å². The molecule has 1 aliphatic rings. The van der Waals surface area contributed by atoms with E-state index in [1.54, 1.807) is 0 Å². The van der Waals surface area contributed by atoms with Gasteiger partial charge < -0.3 is 4.90 Å². The highest BCUT2D eigenvalue weighted by molar-refractivity contribution is 4.91. The van der Waals surface area contributed by atoms with Gasteiger partial charge in [0.15, 0.2) is 0 Å². The van der Waals surface area contributed by atoms with Crippen LogP contribution < -0.4 is 0 Å². The van der Waals surface area contributed by atoms with E-state index < -0.39 is 0 Å². The predicted molar refractivity (Wildman–Crippen MR) is 58.9 cm³/mol. The van der Waals surface area contributed by atoms with Crippen LogP contribution in [0.15, 0.2) is 0 Å². The molecule has 0 aromatic heterocycles. The molecule has 2 unspecified atom stereocenters. The lowest BCUT2D eigenvalue weighted by molar-refractivity contribution is 0.188. The van der Waals surface area contributed by atoms with Gasteiger partial charge in [-0.05, 0) is 44.2 Å². The van der Waals surface area contributed by atoms with Gasteiger partial charge in [0.1, 0.15) is 0 Å². The van der Waals surface area contributed by atoms with Crippen molar-refractivity contribution in [2.75, 3.05) is 13.6 Å². The molecule has 2 atom stereocenters. The zero-order valence-corrected chi connectivity index (χ0v) is 9.93. The number of rotatable bonds is 3. The Labute approximate surface area is 83.5 Å². The fourth-order valence-corrected chi connectivity index (χ4v) is 2.40. The van der Waals surface area contributed by atoms with Crippen molar-refractivity contribution in [2.24, 2.45) is 11.3 Å². The van der Waals surface area contributed by atoms with Crippen LogP contribution in [-0.2, 0) is 0 Å². The van der Waals surface area contributed by atoms with Crippen LogP contribution in [-0.4, -0.2) is 24.5 Å². The molecule has 0 aromatic rings. The first kappa shape index (κ1) is 11.0. The van der Waals surface area contributed by atoms with Crippen molar-refractivity contribution >= 4 is 0 Å². The van der Waals surface area contributed by atoms with Crippen LogP contribution in [0.3, 0.4) is 0 Å². The normalized spacial score (nSPS) is 34.8. The second-order valence-corrected chi connectivity index (χ2v) is 5.28. The number of hydrogen-bond donors (Lipinski definition) is 0. The lowest BCUT2D eigenvalue weighted by atomic mass is 9.77. The molecule has 1 nitrogen and oxygen atoms in total. The average Bonchev–Trinajstić information content (AvgIpc) is 2.48. The smallest absolute Gasteiger partial charge is 0.00975 e. The second kappa shape index (κ2) is 4.00. The minimum Gasteiger partial charge on any atom is -0.304 e. The predicted octanol–water partition coefficient (Wildman–Crippen LogP) is 3.15. The van der Waals surface area contributed by atoms with E-state index in [0.717, 1.165) is 12.0 Å². The summed E-state index contributed by atoms with van der Waals surface area (Å²) in [5.74, 6) is 0.836. The third-order valence-corrected chi connectivity index (χ3v) is 4.27. The van der Waals surface area contributed by atoms with Gasteiger partial charge in [0, 0.05) is 6.04 Å². The molecular weight excluding hydrogens is 158 g/mol. The summed E-state index contributed by atoms with van der Waals surface area (Å²) in [6.45, 7) is 10.6. The molecule has 1 heteroatoms. The van der Waals surface area contributed by atoms with Gasteiger partial charge >= 0.3 is 0 Å². The minimum absolute atomic E-state index is 0.605. The van der Waals surface area contributed by atoms with Gasteiger partial charge in [0.25, 0.3) is 0 Å². The van der Waals surface area contributed by atoms with Crippen LogP contribution >= 0.6 is 0 Å². The topological polar surface area (TPSA) is 3.24 Å². The summed E-state index contributed by atoms with van der Waals surface area (Å²) in [5.41, 5.74) is 0.605. The van der Waals surface area contributed by atoms with Gasteiger partial charge in [-0.3, -0.25) is 0 Å². The molecule has 0 amide bonds. The summed E-state index contributed by atoms with van der Waals surface area (Å²) in [6.07, 6.45) is 4.22. The molecule has 13 heavy (non-hydrogen) atoms. The van der Waals surface area contributed by atoms with Crippen LogP contribution in [0, 0.1) is 11.3 Å². The van der Waals surface area contributed by atoms with Crippen molar-refractivity contribution in [2.45, 2.75) is 53.0 Å². The first-order valence-corrected chi connectivity index (χ1v) is 5.70. The summed E-state index contributed by atoms with van der Waals surface area (Å²) < 4.78 is 0. The molecule has 1 fully saturated rings. The Hall–Kier alpha value is -0.0400. The van der Waals surface area contributed by atoms with E-state index in [1.165, 1.54) is 25.8 Å². The SMILES string of the molecule is CCN(C)C1CCC(C)(C(C)C)C1. The van der Waals surface area contributed by atoms with Crippen molar-refractivity contribution in [1.29, 1.82) is 0 Å². The zero-order chi connectivity index (χ0) is 10.1. The van der Waals surface area contributed by atoms with Gasteiger partial charge in [0.2, 0.25) is 0 Å². The third-order valence-electron chi connectivity index (χ3n) is 4.27. The molecule has 0 aromatic carbocycles. The van der Waals surface area contributed by atoms with Crippen LogP contribution in [0.5, 0.6) is 0 Å². The van der Waals surface area contributed by atoms with E-state index in [2.05, 4.69) is 39.6 Å². The Kier molecular flexibility index (Phi) is 3.39. The monoisotopic (exact) mass is 183 g/mol. The van der Waals surface area contributed by atoms with Crippen LogP contribution in [0.25, 0.3) is 0 Å². The van der Waals surface area contributed by atoms with Crippen molar-refractivity contribution in [1.82, 2.24) is 4.90 Å². The van der Waals surface area contributed by atoms with E-state index in [9.17, 15) is 0 Å². The van der Waals surface area contributed by atoms with E-state index in [-0.39, 0.29) is 0 Å². The molecular formula is C12H25N. The van der Waals surface area contributed by atoms with Gasteiger partial charge in [-0.1, -0.05) is 27.7 Å². The first-order valence-electron chi connectivity index (χ1n) is 5.70. The maximum atomic E-state index is 2.51. The maximum Gasteiger partial charge on any atom is 0.00975 e. The molecule has 0 bridgehead atoms. The molecule has 1 rings (SSSR count). The summed E-state index contributed by atoms with van der Waals surface area (Å²) in [7, 11) is 2.26. The lowest BCUT2D eigenvalue weighted by Crippen LogP contribution is -2.31. The Bertz CT molecular complexity index is 165. The number of hydrogen-bond acceptors (Lipinski definition) is 1. The van der Waals surface area contributed by atoms with E-state index in [0.29, 0.717) is 5.41 Å². The average molecular weight is 183 g/mol. The quantitative estimate of drug-likeness (QED) is 0.649. The minimum atomic E-state index is 0.605. The highest BCUT2D eigenvalue weighted by Crippen LogP contribution is 2.44. The molecule has 1 saturated carbocycles. The Morgan fingerprint density at radius 3 is 2.46 bits per heavy atom. The Morgan fingerprint density at radius 1 is 1.46 bits per heavy atom. The summed E-state index contributed by atoms with van der Waals surface area (Å²) >= 11 is 0. The van der Waals surface area contributed by atoms with Crippen LogP contribution in [0.1, 0.15) is 47.0 Å². The lowest BCUT2D eigenvalue weighted by Gasteiger charge is -2.30. The van der Waals surface area contributed by atoms with E-state index in [1.807, 2.05) is 0 Å². The van der Waals surface area contributed by atoms with Gasteiger partial charge in [-0.25, -0.2) is 0 Å². The van der Waals surface area contributed by atoms with Crippen molar-refractivity contribution in [3.8, 4) is 0 Å². The van der Waals surface area contributed by atoms with E-state index >= 15 is 0 Å². The molecule has 0 spiro atoms. The van der Waals surface area contributed by atoms with Crippen molar-refractivity contribution in [3.63, 3.8) is 0 Å². The highest BCUT2D eigenvalue weighted by atomic mass is 15.1. The molecule has 0 N–H and O–H groups in total. The number of nitrogens with zero attached hydrogens (tertiary/aromatic N) is 1. The fraction of sp³-hybridized carbons (Fsp3) is 1.00. The first-order chi connectivity index (χ1) is 5.99. The highest BCUT2D eigenvalue weighted by Gasteiger charge is 2.38. The Balaban J connectivity index is 2.53. The van der Waals surface area contributed by atoms with Crippen molar-refractivity contribution in [3.05, 3.63) is 0 Å². The Morgan fingerprint density at radius 2 is 2.08 bits per heavy atom. The molecule has 1 aliphatic carbocycles. The summed E-state index contributed by atoms with van der Waals surface area (Å²) in [4.78, 5) is 2.51. The van der Waals surface area contributed by atoms with Crippen LogP contribution in [0.2, 0.25) is 0 Å².